The average molecular weight is 544 g/mol. The van der Waals surface area contributed by atoms with Gasteiger partial charge in [-0.2, -0.15) is 57.1 Å². The van der Waals surface area contributed by atoms with Gasteiger partial charge in [0.15, 0.2) is 23.3 Å². The fraction of sp³-hybridized carbons (Fsp3) is 0.600. The zero-order chi connectivity index (χ0) is 27.7. The Bertz CT molecular complexity index is 915. The Morgan fingerprint density at radius 3 is 1.12 bits per heavy atom. The Labute approximate surface area is 174 Å². The number of benzene rings is 1. The lowest BCUT2D eigenvalue weighted by atomic mass is 9.83. The lowest BCUT2D eigenvalue weighted by Crippen LogP contribution is -2.70. The predicted octanol–water partition coefficient (Wildman–Crippen LogP) is 6.72. The zero-order valence-electron chi connectivity index (χ0n) is 15.5. The van der Waals surface area contributed by atoms with Gasteiger partial charge in [-0.3, -0.25) is 0 Å². The van der Waals surface area contributed by atoms with E-state index < -0.39 is 89.4 Å². The second kappa shape index (κ2) is 7.97. The Morgan fingerprint density at radius 2 is 0.794 bits per heavy atom. The molecule has 0 aliphatic carbocycles. The molecule has 1 atom stereocenters. The third-order valence-electron chi connectivity index (χ3n) is 4.31. The van der Waals surface area contributed by atoms with Crippen LogP contribution in [0.1, 0.15) is 18.9 Å². The van der Waals surface area contributed by atoms with Crippen LogP contribution in [-0.2, 0) is 5.60 Å². The van der Waals surface area contributed by atoms with Crippen molar-refractivity contribution in [2.24, 2.45) is 0 Å². The van der Waals surface area contributed by atoms with Crippen LogP contribution in [0.4, 0.5) is 79.0 Å². The van der Waals surface area contributed by atoms with Crippen molar-refractivity contribution in [3.05, 3.63) is 34.6 Å². The third-order valence-corrected chi connectivity index (χ3v) is 4.31. The van der Waals surface area contributed by atoms with Crippen LogP contribution in [0.25, 0.3) is 0 Å². The van der Waals surface area contributed by atoms with Crippen molar-refractivity contribution < 1.29 is 84.1 Å². The van der Waals surface area contributed by atoms with E-state index in [1.54, 1.807) is 0 Å². The molecule has 1 aromatic rings. The van der Waals surface area contributed by atoms with Crippen LogP contribution in [0.2, 0.25) is 0 Å². The molecular formula is C15H6F18O. The van der Waals surface area contributed by atoms with Crippen LogP contribution in [0.5, 0.6) is 0 Å². The van der Waals surface area contributed by atoms with Crippen LogP contribution in [-0.4, -0.2) is 40.9 Å². The van der Waals surface area contributed by atoms with Crippen molar-refractivity contribution in [2.75, 3.05) is 0 Å². The molecule has 0 fully saturated rings. The largest absolute Gasteiger partial charge is 0.460 e. The highest BCUT2D eigenvalue weighted by atomic mass is 19.4. The molecule has 0 aromatic heterocycles. The van der Waals surface area contributed by atoms with Gasteiger partial charge in [-0.15, -0.1) is 0 Å². The van der Waals surface area contributed by atoms with Crippen molar-refractivity contribution in [2.45, 2.75) is 54.7 Å². The molecule has 0 aliphatic rings. The fourth-order valence-electron chi connectivity index (χ4n) is 2.51. The molecule has 0 saturated carbocycles. The molecule has 0 radical (unpaired) electrons. The zero-order valence-corrected chi connectivity index (χ0v) is 15.5. The molecule has 1 rings (SSSR count). The molecule has 0 amide bonds. The SMILES string of the molecule is CC(O)(CC(F)(F)C(F)(F)C(F)(F)C(F)(F)C(F)(F)C(F)(F)F)c1c(F)c(F)c(F)c(F)c1F. The lowest BCUT2D eigenvalue weighted by molar-refractivity contribution is -0.441. The van der Waals surface area contributed by atoms with Gasteiger partial charge in [0.1, 0.15) is 0 Å². The quantitative estimate of drug-likeness (QED) is 0.230. The van der Waals surface area contributed by atoms with E-state index in [0.29, 0.717) is 0 Å². The molecule has 1 aromatic carbocycles. The van der Waals surface area contributed by atoms with Crippen molar-refractivity contribution in [3.8, 4) is 0 Å². The van der Waals surface area contributed by atoms with Crippen LogP contribution in [0.3, 0.4) is 0 Å². The highest BCUT2D eigenvalue weighted by Gasteiger charge is 2.90. The maximum absolute atomic E-state index is 13.9. The van der Waals surface area contributed by atoms with E-state index in [2.05, 4.69) is 0 Å². The first-order valence-electron chi connectivity index (χ1n) is 7.83. The normalized spacial score (nSPS) is 16.6. The first-order chi connectivity index (χ1) is 14.6. The second-order valence-corrected chi connectivity index (χ2v) is 6.90. The molecule has 0 spiro atoms. The maximum Gasteiger partial charge on any atom is 0.460 e. The molecule has 0 aliphatic heterocycles. The van der Waals surface area contributed by atoms with Gasteiger partial charge in [-0.25, -0.2) is 22.0 Å². The van der Waals surface area contributed by atoms with Crippen LogP contribution >= 0.6 is 0 Å². The van der Waals surface area contributed by atoms with Gasteiger partial charge in [0.05, 0.1) is 17.6 Å². The first kappa shape index (κ1) is 30.0. The smallest absolute Gasteiger partial charge is 0.385 e. The number of rotatable bonds is 7. The molecule has 1 nitrogen and oxygen atoms in total. The standard InChI is InChI=1S/C15H6F18O/c1-9(34,3-4(16)6(18)8(20)7(19)5(3)17)2-10(21,22)11(23,24)12(25,26)13(27,28)14(29,30)15(31,32)33/h34H,2H2,1H3. The molecule has 198 valence electrons. The van der Waals surface area contributed by atoms with E-state index in [-0.39, 0.29) is 0 Å². The fourth-order valence-corrected chi connectivity index (χ4v) is 2.51. The van der Waals surface area contributed by atoms with Gasteiger partial charge < -0.3 is 5.11 Å². The number of hydrogen-bond acceptors (Lipinski definition) is 1. The van der Waals surface area contributed by atoms with E-state index >= 15 is 0 Å². The van der Waals surface area contributed by atoms with Gasteiger partial charge in [0, 0.05) is 0 Å². The first-order valence-corrected chi connectivity index (χ1v) is 7.83. The average Bonchev–Trinajstić information content (AvgIpc) is 2.62. The topological polar surface area (TPSA) is 20.2 Å². The second-order valence-electron chi connectivity index (χ2n) is 6.90. The van der Waals surface area contributed by atoms with E-state index in [0.717, 1.165) is 0 Å². The Hall–Kier alpha value is -2.08. The van der Waals surface area contributed by atoms with Crippen LogP contribution in [0.15, 0.2) is 0 Å². The van der Waals surface area contributed by atoms with Crippen molar-refractivity contribution in [1.82, 2.24) is 0 Å². The summed E-state index contributed by atoms with van der Waals surface area (Å²) in [5.74, 6) is -54.9. The van der Waals surface area contributed by atoms with Gasteiger partial charge in [0.25, 0.3) is 0 Å². The third kappa shape index (κ3) is 4.02. The minimum atomic E-state index is -8.29. The Kier molecular flexibility index (Phi) is 7.02. The van der Waals surface area contributed by atoms with Crippen LogP contribution < -0.4 is 0 Å². The summed E-state index contributed by atoms with van der Waals surface area (Å²) < 4.78 is 237. The molecule has 0 saturated heterocycles. The molecule has 34 heavy (non-hydrogen) atoms. The highest BCUT2D eigenvalue weighted by molar-refractivity contribution is 5.29. The molecule has 0 heterocycles. The van der Waals surface area contributed by atoms with Crippen molar-refractivity contribution >= 4 is 0 Å². The summed E-state index contributed by atoms with van der Waals surface area (Å²) in [5, 5.41) is 9.63. The predicted molar refractivity (Wildman–Crippen MR) is 71.2 cm³/mol. The summed E-state index contributed by atoms with van der Waals surface area (Å²) in [4.78, 5) is 0. The Balaban J connectivity index is 3.67. The number of alkyl halides is 13. The highest BCUT2D eigenvalue weighted by Crippen LogP contribution is 2.61. The van der Waals surface area contributed by atoms with E-state index in [4.69, 9.17) is 0 Å². The Morgan fingerprint density at radius 1 is 0.500 bits per heavy atom. The van der Waals surface area contributed by atoms with Gasteiger partial charge in [0.2, 0.25) is 5.82 Å². The van der Waals surface area contributed by atoms with Gasteiger partial charge >= 0.3 is 35.8 Å². The molecule has 1 unspecified atom stereocenters. The summed E-state index contributed by atoms with van der Waals surface area (Å²) in [5.41, 5.74) is -7.29. The number of halogens is 18. The van der Waals surface area contributed by atoms with Crippen molar-refractivity contribution in [1.29, 1.82) is 0 Å². The lowest BCUT2D eigenvalue weighted by Gasteiger charge is -2.41. The number of hydrogen-bond donors (Lipinski definition) is 1. The van der Waals surface area contributed by atoms with E-state index in [1.165, 1.54) is 0 Å². The molecular weight excluding hydrogens is 538 g/mol. The van der Waals surface area contributed by atoms with E-state index in [1.807, 2.05) is 0 Å². The van der Waals surface area contributed by atoms with Crippen molar-refractivity contribution in [3.63, 3.8) is 0 Å². The van der Waals surface area contributed by atoms with Gasteiger partial charge in [-0.1, -0.05) is 0 Å². The maximum atomic E-state index is 13.9. The van der Waals surface area contributed by atoms with Gasteiger partial charge in [-0.05, 0) is 6.92 Å². The minimum Gasteiger partial charge on any atom is -0.385 e. The molecule has 19 heteroatoms. The van der Waals surface area contributed by atoms with E-state index in [9.17, 15) is 84.1 Å². The monoisotopic (exact) mass is 544 g/mol. The summed E-state index contributed by atoms with van der Waals surface area (Å²) >= 11 is 0. The summed E-state index contributed by atoms with van der Waals surface area (Å²) in [6, 6.07) is 0. The molecule has 0 bridgehead atoms. The summed E-state index contributed by atoms with van der Waals surface area (Å²) in [6.07, 6.45) is -11.3. The number of aliphatic hydroxyl groups is 1. The molecule has 1 N–H and O–H groups in total. The summed E-state index contributed by atoms with van der Waals surface area (Å²) in [7, 11) is 0. The minimum absolute atomic E-state index is 0.462. The summed E-state index contributed by atoms with van der Waals surface area (Å²) in [6.45, 7) is -0.462. The van der Waals surface area contributed by atoms with Crippen LogP contribution in [0, 0.1) is 29.1 Å².